The molecule has 0 unspecified atom stereocenters. The molecule has 1 saturated heterocycles. The first kappa shape index (κ1) is 26.3. The lowest BCUT2D eigenvalue weighted by Gasteiger charge is -2.34. The van der Waals surface area contributed by atoms with Gasteiger partial charge in [0.05, 0.1) is 24.4 Å². The van der Waals surface area contributed by atoms with Crippen molar-refractivity contribution >= 4 is 34.6 Å². The molecule has 3 aromatic rings. The molecule has 1 aromatic heterocycles. The van der Waals surface area contributed by atoms with Crippen LogP contribution < -0.4 is 5.73 Å². The van der Waals surface area contributed by atoms with Crippen molar-refractivity contribution in [1.29, 1.82) is 5.41 Å². The number of fused-ring (bicyclic) bond motifs is 3. The van der Waals surface area contributed by atoms with E-state index in [2.05, 4.69) is 13.8 Å². The number of aromatic nitrogens is 1. The SMILES string of the molecule is CC(=O)N1CCN(C(=O)c2ccc(-c3nc4ccc(N)c(C=N)c4c4c3CCOC4)cc2)CC1.CCC. The number of hydrogen-bond acceptors (Lipinski definition) is 6. The minimum Gasteiger partial charge on any atom is -0.398 e. The normalized spacial score (nSPS) is 15.0. The Bertz CT molecular complexity index is 1310. The van der Waals surface area contributed by atoms with Gasteiger partial charge in [0.15, 0.2) is 0 Å². The van der Waals surface area contributed by atoms with Crippen LogP contribution in [0.4, 0.5) is 5.69 Å². The van der Waals surface area contributed by atoms with Crippen molar-refractivity contribution in [2.45, 2.75) is 40.2 Å². The Morgan fingerprint density at radius 2 is 1.68 bits per heavy atom. The van der Waals surface area contributed by atoms with Gasteiger partial charge in [-0.2, -0.15) is 0 Å². The summed E-state index contributed by atoms with van der Waals surface area (Å²) in [6.45, 7) is 9.08. The fourth-order valence-corrected chi connectivity index (χ4v) is 4.87. The van der Waals surface area contributed by atoms with Crippen molar-refractivity contribution < 1.29 is 14.3 Å². The van der Waals surface area contributed by atoms with Crippen molar-refractivity contribution in [3.63, 3.8) is 0 Å². The van der Waals surface area contributed by atoms with E-state index in [1.807, 2.05) is 30.3 Å². The van der Waals surface area contributed by atoms with E-state index in [-0.39, 0.29) is 11.8 Å². The number of carbonyl (C=O) groups excluding carboxylic acids is 2. The summed E-state index contributed by atoms with van der Waals surface area (Å²) in [5, 5.41) is 8.73. The molecule has 0 atom stereocenters. The molecule has 2 aliphatic heterocycles. The third kappa shape index (κ3) is 5.34. The van der Waals surface area contributed by atoms with Crippen molar-refractivity contribution in [2.75, 3.05) is 38.5 Å². The van der Waals surface area contributed by atoms with Crippen LogP contribution in [0.2, 0.25) is 0 Å². The summed E-state index contributed by atoms with van der Waals surface area (Å²) in [5.74, 6) is 0.0197. The highest BCUT2D eigenvalue weighted by molar-refractivity contribution is 6.05. The summed E-state index contributed by atoms with van der Waals surface area (Å²) in [7, 11) is 0. The molecular weight excluding hydrogens is 466 g/mol. The highest BCUT2D eigenvalue weighted by Gasteiger charge is 2.25. The van der Waals surface area contributed by atoms with E-state index in [9.17, 15) is 9.59 Å². The molecule has 8 nitrogen and oxygen atoms in total. The van der Waals surface area contributed by atoms with Crippen molar-refractivity contribution in [3.8, 4) is 11.3 Å². The highest BCUT2D eigenvalue weighted by atomic mass is 16.5. The van der Waals surface area contributed by atoms with Crippen LogP contribution in [-0.4, -0.2) is 65.6 Å². The van der Waals surface area contributed by atoms with Gasteiger partial charge in [0, 0.05) is 67.1 Å². The second kappa shape index (κ2) is 11.5. The van der Waals surface area contributed by atoms with Gasteiger partial charge in [-0.25, -0.2) is 4.98 Å². The van der Waals surface area contributed by atoms with Gasteiger partial charge in [-0.05, 0) is 41.8 Å². The topological polar surface area (TPSA) is 113 Å². The molecule has 0 bridgehead atoms. The third-order valence-electron chi connectivity index (χ3n) is 6.75. The van der Waals surface area contributed by atoms with E-state index in [1.54, 1.807) is 22.8 Å². The van der Waals surface area contributed by atoms with Crippen LogP contribution in [0.1, 0.15) is 54.2 Å². The molecule has 194 valence electrons. The van der Waals surface area contributed by atoms with E-state index >= 15 is 0 Å². The van der Waals surface area contributed by atoms with Gasteiger partial charge in [0.1, 0.15) is 0 Å². The number of nitrogen functional groups attached to an aromatic ring is 1. The number of nitrogens with two attached hydrogens (primary N) is 1. The number of hydrogen-bond donors (Lipinski definition) is 2. The average Bonchev–Trinajstić information content (AvgIpc) is 2.93. The Kier molecular flexibility index (Phi) is 8.18. The largest absolute Gasteiger partial charge is 0.398 e. The van der Waals surface area contributed by atoms with Crippen molar-refractivity contribution in [1.82, 2.24) is 14.8 Å². The number of amides is 2. The average molecular weight is 502 g/mol. The van der Waals surface area contributed by atoms with Crippen LogP contribution in [0.3, 0.4) is 0 Å². The second-order valence-corrected chi connectivity index (χ2v) is 9.41. The quantitative estimate of drug-likeness (QED) is 0.411. The zero-order valence-electron chi connectivity index (χ0n) is 21.8. The first-order valence-corrected chi connectivity index (χ1v) is 12.9. The molecule has 37 heavy (non-hydrogen) atoms. The number of piperazine rings is 1. The Labute approximate surface area is 217 Å². The van der Waals surface area contributed by atoms with Crippen LogP contribution in [0.25, 0.3) is 22.2 Å². The maximum absolute atomic E-state index is 13.0. The summed E-state index contributed by atoms with van der Waals surface area (Å²) in [4.78, 5) is 33.1. The van der Waals surface area contributed by atoms with Crippen molar-refractivity contribution in [3.05, 3.63) is 58.7 Å². The predicted molar refractivity (Wildman–Crippen MR) is 147 cm³/mol. The second-order valence-electron chi connectivity index (χ2n) is 9.41. The van der Waals surface area contributed by atoms with Gasteiger partial charge in [-0.1, -0.05) is 32.4 Å². The van der Waals surface area contributed by atoms with Gasteiger partial charge in [-0.15, -0.1) is 0 Å². The van der Waals surface area contributed by atoms with Crippen LogP contribution in [0.15, 0.2) is 36.4 Å². The molecule has 1 fully saturated rings. The molecular formula is C29H35N5O3. The molecule has 3 heterocycles. The van der Waals surface area contributed by atoms with Crippen LogP contribution in [0, 0.1) is 5.41 Å². The number of nitrogens with one attached hydrogen (secondary N) is 1. The Morgan fingerprint density at radius 1 is 1.03 bits per heavy atom. The first-order chi connectivity index (χ1) is 17.9. The molecule has 0 radical (unpaired) electrons. The Morgan fingerprint density at radius 3 is 2.30 bits per heavy atom. The lowest BCUT2D eigenvalue weighted by atomic mass is 9.91. The molecule has 5 rings (SSSR count). The summed E-state index contributed by atoms with van der Waals surface area (Å²) in [6, 6.07) is 11.2. The van der Waals surface area contributed by atoms with Crippen LogP contribution in [-0.2, 0) is 22.6 Å². The standard InChI is InChI=1S/C26H27N5O3.C3H8/c1-16(32)30-9-11-31(12-10-30)26(33)18-4-2-17(3-5-18)25-19-8-13-34-15-21(19)24-20(14-27)22(28)6-7-23(24)29-25;1-3-2/h2-7,14,27H,8-13,15,28H2,1H3;3H2,1-2H3. The zero-order valence-corrected chi connectivity index (χ0v) is 21.8. The number of rotatable bonds is 3. The maximum atomic E-state index is 13.0. The van der Waals surface area contributed by atoms with Gasteiger partial charge in [0.25, 0.3) is 5.91 Å². The maximum Gasteiger partial charge on any atom is 0.253 e. The van der Waals surface area contributed by atoms with Crippen molar-refractivity contribution in [2.24, 2.45) is 0 Å². The highest BCUT2D eigenvalue weighted by Crippen LogP contribution is 2.36. The lowest BCUT2D eigenvalue weighted by Crippen LogP contribution is -2.50. The summed E-state index contributed by atoms with van der Waals surface area (Å²) >= 11 is 0. The van der Waals surface area contributed by atoms with E-state index in [4.69, 9.17) is 20.9 Å². The lowest BCUT2D eigenvalue weighted by molar-refractivity contribution is -0.130. The molecule has 8 heteroatoms. The first-order valence-electron chi connectivity index (χ1n) is 12.9. The minimum atomic E-state index is -0.0252. The summed E-state index contributed by atoms with van der Waals surface area (Å²) in [5.41, 5.74) is 12.7. The van der Waals surface area contributed by atoms with E-state index in [0.29, 0.717) is 56.2 Å². The number of nitrogens with zero attached hydrogens (tertiary/aromatic N) is 3. The number of pyridine rings is 1. The van der Waals surface area contributed by atoms with E-state index < -0.39 is 0 Å². The van der Waals surface area contributed by atoms with Crippen LogP contribution >= 0.6 is 0 Å². The monoisotopic (exact) mass is 501 g/mol. The Balaban J connectivity index is 0.00000102. The molecule has 2 aliphatic rings. The van der Waals surface area contributed by atoms with Crippen LogP contribution in [0.5, 0.6) is 0 Å². The molecule has 0 spiro atoms. The number of carbonyl (C=O) groups is 2. The summed E-state index contributed by atoms with van der Waals surface area (Å²) < 4.78 is 5.76. The molecule has 2 amide bonds. The van der Waals surface area contributed by atoms with Gasteiger partial charge >= 0.3 is 0 Å². The zero-order chi connectivity index (χ0) is 26.5. The van der Waals surface area contributed by atoms with Gasteiger partial charge < -0.3 is 25.7 Å². The number of ether oxygens (including phenoxy) is 1. The fraction of sp³-hybridized carbons (Fsp3) is 0.379. The molecule has 0 saturated carbocycles. The smallest absolute Gasteiger partial charge is 0.253 e. The molecule has 3 N–H and O–H groups in total. The van der Waals surface area contributed by atoms with Gasteiger partial charge in [0.2, 0.25) is 5.91 Å². The van der Waals surface area contributed by atoms with Gasteiger partial charge in [-0.3, -0.25) is 9.59 Å². The Hall–Kier alpha value is -3.78. The molecule has 2 aromatic carbocycles. The van der Waals surface area contributed by atoms with E-state index in [0.717, 1.165) is 39.7 Å². The number of benzene rings is 2. The van der Waals surface area contributed by atoms with E-state index in [1.165, 1.54) is 12.6 Å². The number of anilines is 1. The fourth-order valence-electron chi connectivity index (χ4n) is 4.87. The molecule has 0 aliphatic carbocycles. The summed E-state index contributed by atoms with van der Waals surface area (Å²) in [6.07, 6.45) is 3.26. The predicted octanol–water partition coefficient (Wildman–Crippen LogP) is 4.27. The minimum absolute atomic E-state index is 0.0252. The third-order valence-corrected chi connectivity index (χ3v) is 6.75.